The van der Waals surface area contributed by atoms with Gasteiger partial charge in [0, 0.05) is 6.61 Å². The molecule has 0 rings (SSSR count). The van der Waals surface area contributed by atoms with Crippen LogP contribution >= 0.6 is 0 Å². The summed E-state index contributed by atoms with van der Waals surface area (Å²) in [5.74, 6) is 0. The largest absolute Gasteiger partial charge is 0.396 e. The van der Waals surface area contributed by atoms with Crippen molar-refractivity contribution in [3.05, 3.63) is 12.2 Å². The van der Waals surface area contributed by atoms with Crippen LogP contribution in [0.1, 0.15) is 96.8 Å². The molecule has 0 fully saturated rings. The summed E-state index contributed by atoms with van der Waals surface area (Å²) in [4.78, 5) is 0. The van der Waals surface area contributed by atoms with Crippen molar-refractivity contribution < 1.29 is 22.6 Å². The van der Waals surface area contributed by atoms with Gasteiger partial charge in [-0.2, -0.15) is 8.42 Å². The minimum absolute atomic E-state index is 0. The van der Waals surface area contributed by atoms with Crippen LogP contribution in [0, 0.1) is 0 Å². The quantitative estimate of drug-likeness (QED) is 0.134. The van der Waals surface area contributed by atoms with Gasteiger partial charge in [-0.15, -0.1) is 0 Å². The number of allylic oxidation sites excluding steroid dienone is 2. The van der Waals surface area contributed by atoms with E-state index < -0.39 is 10.4 Å². The lowest BCUT2D eigenvalue weighted by molar-refractivity contribution is 0.282. The molecule has 0 spiro atoms. The molecular weight excluding hydrogens is 356 g/mol. The molecule has 8 heteroatoms. The second-order valence-electron chi connectivity index (χ2n) is 6.11. The second kappa shape index (κ2) is 26.7. The van der Waals surface area contributed by atoms with E-state index in [9.17, 15) is 0 Å². The Hall–Kier alpha value is -0.510. The predicted octanol–water partition coefficient (Wildman–Crippen LogP) is 5.69. The maximum absolute atomic E-state index is 8.74. The lowest BCUT2D eigenvalue weighted by Gasteiger charge is -1.99. The Labute approximate surface area is 161 Å². The third kappa shape index (κ3) is 49.5. The maximum atomic E-state index is 8.74. The van der Waals surface area contributed by atoms with E-state index in [2.05, 4.69) is 19.1 Å². The molecule has 0 saturated heterocycles. The van der Waals surface area contributed by atoms with Gasteiger partial charge >= 0.3 is 10.4 Å². The Balaban J connectivity index is -0.000000304. The molecule has 0 saturated carbocycles. The minimum atomic E-state index is -4.67. The van der Waals surface area contributed by atoms with Crippen molar-refractivity contribution in [2.75, 3.05) is 6.61 Å². The summed E-state index contributed by atoms with van der Waals surface area (Å²) >= 11 is 0. The molecule has 9 N–H and O–H groups in total. The van der Waals surface area contributed by atoms with Gasteiger partial charge in [0.15, 0.2) is 0 Å². The van der Waals surface area contributed by atoms with Gasteiger partial charge < -0.3 is 17.4 Å². The van der Waals surface area contributed by atoms with Crippen molar-refractivity contribution in [3.63, 3.8) is 0 Å². The number of aliphatic hydroxyl groups is 1. The average Bonchev–Trinajstić information content (AvgIpc) is 2.49. The highest BCUT2D eigenvalue weighted by atomic mass is 32.3. The van der Waals surface area contributed by atoms with Crippen molar-refractivity contribution >= 4 is 10.4 Å². The summed E-state index contributed by atoms with van der Waals surface area (Å²) in [6.07, 6.45) is 23.2. The van der Waals surface area contributed by atoms with Gasteiger partial charge in [-0.25, -0.2) is 0 Å². The van der Waals surface area contributed by atoms with E-state index >= 15 is 0 Å². The van der Waals surface area contributed by atoms with Gasteiger partial charge in [-0.1, -0.05) is 76.9 Å². The highest BCUT2D eigenvalue weighted by Crippen LogP contribution is 2.09. The topological polar surface area (TPSA) is 165 Å². The number of hydrogen-bond donors (Lipinski definition) is 5. The fourth-order valence-electron chi connectivity index (χ4n) is 2.36. The zero-order chi connectivity index (χ0) is 18.5. The molecular formula is C18H44N2O5S. The van der Waals surface area contributed by atoms with E-state index in [1.165, 1.54) is 83.5 Å². The molecule has 0 aliphatic rings. The summed E-state index contributed by atoms with van der Waals surface area (Å²) in [6, 6.07) is 0. The van der Waals surface area contributed by atoms with Crippen molar-refractivity contribution in [1.82, 2.24) is 12.3 Å². The highest BCUT2D eigenvalue weighted by molar-refractivity contribution is 7.79. The maximum Gasteiger partial charge on any atom is 0.394 e. The van der Waals surface area contributed by atoms with E-state index in [1.807, 2.05) is 0 Å². The third-order valence-electron chi connectivity index (χ3n) is 3.67. The van der Waals surface area contributed by atoms with Gasteiger partial charge in [-0.05, 0) is 32.1 Å². The molecule has 0 atom stereocenters. The van der Waals surface area contributed by atoms with Crippen LogP contribution in [-0.2, 0) is 10.4 Å². The Morgan fingerprint density at radius 2 is 0.962 bits per heavy atom. The molecule has 0 heterocycles. The third-order valence-corrected chi connectivity index (χ3v) is 3.67. The van der Waals surface area contributed by atoms with Crippen molar-refractivity contribution in [2.45, 2.75) is 96.8 Å². The SMILES string of the molecule is CCCCCCCCC=CCCCCCCCCO.N.N.O=S(=O)(O)O. The fraction of sp³-hybridized carbons (Fsp3) is 0.889. The number of hydrogen-bond acceptors (Lipinski definition) is 5. The minimum Gasteiger partial charge on any atom is -0.396 e. The van der Waals surface area contributed by atoms with Gasteiger partial charge in [-0.3, -0.25) is 9.11 Å². The molecule has 7 nitrogen and oxygen atoms in total. The first-order valence-corrected chi connectivity index (χ1v) is 10.8. The van der Waals surface area contributed by atoms with Gasteiger partial charge in [0.05, 0.1) is 0 Å². The van der Waals surface area contributed by atoms with E-state index in [4.69, 9.17) is 22.6 Å². The van der Waals surface area contributed by atoms with E-state index in [0.29, 0.717) is 6.61 Å². The molecule has 0 aliphatic carbocycles. The van der Waals surface area contributed by atoms with Crippen LogP contribution < -0.4 is 12.3 Å². The summed E-state index contributed by atoms with van der Waals surface area (Å²) in [5.41, 5.74) is 0. The summed E-state index contributed by atoms with van der Waals surface area (Å²) in [7, 11) is -4.67. The first kappa shape index (κ1) is 33.1. The smallest absolute Gasteiger partial charge is 0.394 e. The van der Waals surface area contributed by atoms with Crippen LogP contribution in [0.5, 0.6) is 0 Å². The molecule has 0 bridgehead atoms. The van der Waals surface area contributed by atoms with Crippen molar-refractivity contribution in [2.24, 2.45) is 0 Å². The Morgan fingerprint density at radius 3 is 1.31 bits per heavy atom. The van der Waals surface area contributed by atoms with Crippen LogP contribution in [0.15, 0.2) is 12.2 Å². The monoisotopic (exact) mass is 400 g/mol. The first-order chi connectivity index (χ1) is 11.4. The van der Waals surface area contributed by atoms with Crippen LogP contribution in [0.2, 0.25) is 0 Å². The number of rotatable bonds is 15. The van der Waals surface area contributed by atoms with Crippen LogP contribution in [0.25, 0.3) is 0 Å². The zero-order valence-electron chi connectivity index (χ0n) is 16.7. The predicted molar refractivity (Wildman–Crippen MR) is 111 cm³/mol. The standard InChI is InChI=1S/C18H36O.2H3N.H2O4S/c1-2-3-4-5-6-7-8-9-10-11-12-13-14-15-16-17-18-19;;;1-5(2,3)4/h9-10,19H,2-8,11-18H2,1H3;2*1H3;(H2,1,2,3,4). The number of aliphatic hydroxyl groups excluding tert-OH is 1. The van der Waals surface area contributed by atoms with E-state index in [1.54, 1.807) is 0 Å². The molecule has 0 aliphatic heterocycles. The average molecular weight is 401 g/mol. The van der Waals surface area contributed by atoms with Crippen LogP contribution in [0.4, 0.5) is 0 Å². The lowest BCUT2D eigenvalue weighted by atomic mass is 10.1. The van der Waals surface area contributed by atoms with E-state index in [0.717, 1.165) is 6.42 Å². The normalized spacial score (nSPS) is 10.6. The Morgan fingerprint density at radius 1 is 0.654 bits per heavy atom. The molecule has 0 aromatic rings. The highest BCUT2D eigenvalue weighted by Gasteiger charge is 1.90. The molecule has 162 valence electrons. The summed E-state index contributed by atoms with van der Waals surface area (Å²) < 4.78 is 31.6. The van der Waals surface area contributed by atoms with Crippen molar-refractivity contribution in [1.29, 1.82) is 0 Å². The molecule has 0 amide bonds. The van der Waals surface area contributed by atoms with Gasteiger partial charge in [0.2, 0.25) is 0 Å². The molecule has 26 heavy (non-hydrogen) atoms. The van der Waals surface area contributed by atoms with Crippen LogP contribution in [0.3, 0.4) is 0 Å². The molecule has 0 aromatic carbocycles. The van der Waals surface area contributed by atoms with Gasteiger partial charge in [0.25, 0.3) is 0 Å². The Bertz CT molecular complexity index is 355. The summed E-state index contributed by atoms with van der Waals surface area (Å²) in [5, 5.41) is 8.66. The first-order valence-electron chi connectivity index (χ1n) is 9.37. The van der Waals surface area contributed by atoms with Gasteiger partial charge in [0.1, 0.15) is 0 Å². The molecule has 0 aromatic heterocycles. The molecule has 0 radical (unpaired) electrons. The van der Waals surface area contributed by atoms with Crippen molar-refractivity contribution in [3.8, 4) is 0 Å². The number of unbranched alkanes of at least 4 members (excludes halogenated alkanes) is 12. The second-order valence-corrected chi connectivity index (χ2v) is 7.00. The molecule has 0 unspecified atom stereocenters. The van der Waals surface area contributed by atoms with Crippen LogP contribution in [-0.4, -0.2) is 29.2 Å². The van der Waals surface area contributed by atoms with E-state index in [-0.39, 0.29) is 12.3 Å². The fourth-order valence-corrected chi connectivity index (χ4v) is 2.36. The zero-order valence-corrected chi connectivity index (χ0v) is 17.6. The summed E-state index contributed by atoms with van der Waals surface area (Å²) in [6.45, 7) is 2.64. The lowest BCUT2D eigenvalue weighted by Crippen LogP contribution is -1.89. The Kier molecular flexibility index (Phi) is 34.0.